The fraction of sp³-hybridized carbons (Fsp3) is 0.400. The van der Waals surface area contributed by atoms with Gasteiger partial charge in [0.05, 0.1) is 11.3 Å². The molecular weight excluding hydrogens is 322 g/mol. The lowest BCUT2D eigenvalue weighted by atomic mass is 10.3. The summed E-state index contributed by atoms with van der Waals surface area (Å²) in [5.74, 6) is -0.493. The van der Waals surface area contributed by atoms with Crippen LogP contribution in [0.1, 0.15) is 10.4 Å². The highest BCUT2D eigenvalue weighted by atomic mass is 79.9. The predicted octanol–water partition coefficient (Wildman–Crippen LogP) is 0.465. The molecule has 8 heteroatoms. The van der Waals surface area contributed by atoms with E-state index in [1.54, 1.807) is 18.3 Å². The highest BCUT2D eigenvalue weighted by Crippen LogP contribution is 2.11. The first-order chi connectivity index (χ1) is 8.34. The first-order valence-electron chi connectivity index (χ1n) is 5.13. The van der Waals surface area contributed by atoms with Gasteiger partial charge in [-0.15, -0.1) is 0 Å². The molecule has 0 radical (unpaired) electrons. The molecule has 1 rings (SSSR count). The van der Waals surface area contributed by atoms with Crippen molar-refractivity contribution in [3.05, 3.63) is 28.5 Å². The molecule has 6 nitrogen and oxygen atoms in total. The number of hydrogen-bond donors (Lipinski definition) is 1. The third kappa shape index (κ3) is 4.04. The van der Waals surface area contributed by atoms with Gasteiger partial charge in [-0.25, -0.2) is 17.7 Å². The minimum absolute atomic E-state index is 0.0562. The molecule has 0 saturated heterocycles. The maximum Gasteiger partial charge on any atom is 0.254 e. The number of rotatable bonds is 5. The molecule has 0 unspecified atom stereocenters. The number of nitrogens with zero attached hydrogens (tertiary/aromatic N) is 2. The van der Waals surface area contributed by atoms with Crippen molar-refractivity contribution in [3.63, 3.8) is 0 Å². The lowest BCUT2D eigenvalue weighted by Gasteiger charge is -2.11. The quantitative estimate of drug-likeness (QED) is 0.793. The molecule has 0 bridgehead atoms. The number of halogens is 1. The van der Waals surface area contributed by atoms with Gasteiger partial charge in [0.2, 0.25) is 10.0 Å². The fourth-order valence-electron chi connectivity index (χ4n) is 1.13. The number of carbonyl (C=O) groups is 1. The van der Waals surface area contributed by atoms with Crippen LogP contribution in [0.25, 0.3) is 0 Å². The predicted molar refractivity (Wildman–Crippen MR) is 71.7 cm³/mol. The van der Waals surface area contributed by atoms with Crippen LogP contribution < -0.4 is 5.32 Å². The summed E-state index contributed by atoms with van der Waals surface area (Å²) in [5.41, 5.74) is 0.375. The van der Waals surface area contributed by atoms with E-state index in [1.807, 2.05) is 0 Å². The Hall–Kier alpha value is -0.990. The molecule has 1 aromatic heterocycles. The minimum Gasteiger partial charge on any atom is -0.351 e. The molecule has 18 heavy (non-hydrogen) atoms. The summed E-state index contributed by atoms with van der Waals surface area (Å²) in [5, 5.41) is 2.54. The lowest BCUT2D eigenvalue weighted by Crippen LogP contribution is -2.34. The molecule has 0 aromatic carbocycles. The normalized spacial score (nSPS) is 11.6. The van der Waals surface area contributed by atoms with Gasteiger partial charge in [-0.2, -0.15) is 0 Å². The number of hydrogen-bond acceptors (Lipinski definition) is 4. The molecule has 0 saturated carbocycles. The summed E-state index contributed by atoms with van der Waals surface area (Å²) in [6.45, 7) is 0.0562. The Morgan fingerprint density at radius 1 is 1.50 bits per heavy atom. The third-order valence-electron chi connectivity index (χ3n) is 2.21. The second-order valence-electron chi connectivity index (χ2n) is 3.70. The van der Waals surface area contributed by atoms with Crippen molar-refractivity contribution in [2.24, 2.45) is 0 Å². The molecule has 0 fully saturated rings. The minimum atomic E-state index is -3.29. The van der Waals surface area contributed by atoms with E-state index >= 15 is 0 Å². The molecule has 1 N–H and O–H groups in total. The summed E-state index contributed by atoms with van der Waals surface area (Å²) >= 11 is 3.15. The number of amides is 1. The first kappa shape index (κ1) is 15.1. The van der Waals surface area contributed by atoms with Gasteiger partial charge >= 0.3 is 0 Å². The Labute approximate surface area is 115 Å². The topological polar surface area (TPSA) is 79.4 Å². The van der Waals surface area contributed by atoms with Crippen molar-refractivity contribution in [2.45, 2.75) is 0 Å². The number of carbonyl (C=O) groups excluding carboxylic acids is 1. The maximum atomic E-state index is 11.7. The van der Waals surface area contributed by atoms with Crippen LogP contribution >= 0.6 is 15.9 Å². The maximum absolute atomic E-state index is 11.7. The number of pyridine rings is 1. The Morgan fingerprint density at radius 2 is 2.17 bits per heavy atom. The van der Waals surface area contributed by atoms with Crippen LogP contribution in [0.3, 0.4) is 0 Å². The van der Waals surface area contributed by atoms with E-state index in [1.165, 1.54) is 14.1 Å². The van der Waals surface area contributed by atoms with Gasteiger partial charge in [0.1, 0.15) is 4.60 Å². The van der Waals surface area contributed by atoms with Gasteiger partial charge in [0, 0.05) is 26.8 Å². The summed E-state index contributed by atoms with van der Waals surface area (Å²) in [4.78, 5) is 15.6. The average molecular weight is 336 g/mol. The lowest BCUT2D eigenvalue weighted by molar-refractivity contribution is 0.0955. The summed E-state index contributed by atoms with van der Waals surface area (Å²) < 4.78 is 24.5. The third-order valence-corrected chi connectivity index (χ3v) is 4.67. The van der Waals surface area contributed by atoms with Gasteiger partial charge in [-0.1, -0.05) is 0 Å². The van der Waals surface area contributed by atoms with Gasteiger partial charge < -0.3 is 5.32 Å². The molecule has 1 aromatic rings. The number of aromatic nitrogens is 1. The Balaban J connectivity index is 2.56. The first-order valence-corrected chi connectivity index (χ1v) is 7.53. The fourth-order valence-corrected chi connectivity index (χ4v) is 2.28. The Bertz CT molecular complexity index is 531. The molecule has 1 heterocycles. The standard InChI is InChI=1S/C10H14BrN3O3S/c1-14(2)18(16,17)7-6-13-10(15)8-4-3-5-12-9(8)11/h3-5H,6-7H2,1-2H3,(H,13,15). The number of nitrogens with one attached hydrogen (secondary N) is 1. The van der Waals surface area contributed by atoms with E-state index in [2.05, 4.69) is 26.2 Å². The van der Waals surface area contributed by atoms with Crippen LogP contribution in [0.15, 0.2) is 22.9 Å². The SMILES string of the molecule is CN(C)S(=O)(=O)CCNC(=O)c1cccnc1Br. The molecule has 0 atom stereocenters. The van der Waals surface area contributed by atoms with Crippen molar-refractivity contribution in [1.82, 2.24) is 14.6 Å². The van der Waals surface area contributed by atoms with E-state index in [-0.39, 0.29) is 18.2 Å². The molecular formula is C10H14BrN3O3S. The van der Waals surface area contributed by atoms with Crippen molar-refractivity contribution >= 4 is 31.9 Å². The van der Waals surface area contributed by atoms with Crippen molar-refractivity contribution < 1.29 is 13.2 Å². The zero-order chi connectivity index (χ0) is 13.8. The van der Waals surface area contributed by atoms with E-state index < -0.39 is 10.0 Å². The molecule has 0 aliphatic carbocycles. The van der Waals surface area contributed by atoms with Crippen LogP contribution in [-0.2, 0) is 10.0 Å². The van der Waals surface area contributed by atoms with E-state index in [4.69, 9.17) is 0 Å². The largest absolute Gasteiger partial charge is 0.351 e. The molecule has 0 aliphatic rings. The highest BCUT2D eigenvalue weighted by Gasteiger charge is 2.15. The summed E-state index contributed by atoms with van der Waals surface area (Å²) in [7, 11) is -0.388. The van der Waals surface area contributed by atoms with Gasteiger partial charge in [-0.05, 0) is 28.1 Å². The highest BCUT2D eigenvalue weighted by molar-refractivity contribution is 9.10. The van der Waals surface area contributed by atoms with E-state index in [0.717, 1.165) is 4.31 Å². The monoisotopic (exact) mass is 335 g/mol. The molecule has 100 valence electrons. The zero-order valence-electron chi connectivity index (χ0n) is 10.1. The van der Waals surface area contributed by atoms with Gasteiger partial charge in [-0.3, -0.25) is 4.79 Å². The van der Waals surface area contributed by atoms with Gasteiger partial charge in [0.25, 0.3) is 5.91 Å². The Kier molecular flexibility index (Phi) is 5.24. The van der Waals surface area contributed by atoms with Crippen molar-refractivity contribution in [1.29, 1.82) is 0 Å². The van der Waals surface area contributed by atoms with E-state index in [0.29, 0.717) is 10.2 Å². The average Bonchev–Trinajstić information content (AvgIpc) is 2.29. The summed E-state index contributed by atoms with van der Waals surface area (Å²) in [6, 6.07) is 3.24. The second kappa shape index (κ2) is 6.26. The Morgan fingerprint density at radius 3 is 2.72 bits per heavy atom. The second-order valence-corrected chi connectivity index (χ2v) is 6.75. The zero-order valence-corrected chi connectivity index (χ0v) is 12.5. The smallest absolute Gasteiger partial charge is 0.254 e. The van der Waals surface area contributed by atoms with Crippen molar-refractivity contribution in [3.8, 4) is 0 Å². The summed E-state index contributed by atoms with van der Waals surface area (Å²) in [6.07, 6.45) is 1.55. The molecule has 0 spiro atoms. The van der Waals surface area contributed by atoms with Crippen LogP contribution in [0.2, 0.25) is 0 Å². The number of sulfonamides is 1. The van der Waals surface area contributed by atoms with Crippen LogP contribution in [0.5, 0.6) is 0 Å². The van der Waals surface area contributed by atoms with Crippen LogP contribution in [0, 0.1) is 0 Å². The molecule has 1 amide bonds. The van der Waals surface area contributed by atoms with Crippen LogP contribution in [-0.4, -0.2) is 50.0 Å². The van der Waals surface area contributed by atoms with E-state index in [9.17, 15) is 13.2 Å². The van der Waals surface area contributed by atoms with Gasteiger partial charge in [0.15, 0.2) is 0 Å². The molecule has 0 aliphatic heterocycles. The van der Waals surface area contributed by atoms with Crippen LogP contribution in [0.4, 0.5) is 0 Å². The van der Waals surface area contributed by atoms with Crippen molar-refractivity contribution in [2.75, 3.05) is 26.4 Å².